The monoisotopic (exact) mass is 348 g/mol. The standard InChI is InChI=1S/C17H24N4O2S/c1-11(22)9-18-16-15-12-3-2-4-13(12)24-17(15)20-14(19-16)10-21-5-7-23-8-6-21/h11,22H,2-10H2,1H3,(H,18,19,20). The lowest BCUT2D eigenvalue weighted by Gasteiger charge is -2.25. The Morgan fingerprint density at radius 1 is 1.29 bits per heavy atom. The van der Waals surface area contributed by atoms with E-state index >= 15 is 0 Å². The first-order chi connectivity index (χ1) is 11.7. The SMILES string of the molecule is CC(O)CNc1nc(CN2CCOCC2)nc2sc3c(c12)CCC3. The third kappa shape index (κ3) is 3.26. The van der Waals surface area contributed by atoms with Gasteiger partial charge in [-0.25, -0.2) is 9.97 Å². The third-order valence-corrected chi connectivity index (χ3v) is 5.83. The number of hydrogen-bond acceptors (Lipinski definition) is 7. The Morgan fingerprint density at radius 2 is 2.12 bits per heavy atom. The minimum Gasteiger partial charge on any atom is -0.392 e. The van der Waals surface area contributed by atoms with Gasteiger partial charge in [0.05, 0.1) is 31.2 Å². The van der Waals surface area contributed by atoms with Crippen LogP contribution < -0.4 is 5.32 Å². The van der Waals surface area contributed by atoms with Crippen LogP contribution in [0.5, 0.6) is 0 Å². The summed E-state index contributed by atoms with van der Waals surface area (Å²) in [5.74, 6) is 1.75. The summed E-state index contributed by atoms with van der Waals surface area (Å²) in [6.07, 6.45) is 3.10. The largest absolute Gasteiger partial charge is 0.392 e. The minimum absolute atomic E-state index is 0.399. The van der Waals surface area contributed by atoms with E-state index in [1.165, 1.54) is 22.2 Å². The summed E-state index contributed by atoms with van der Waals surface area (Å²) in [4.78, 5) is 14.5. The van der Waals surface area contributed by atoms with Crippen LogP contribution in [0.2, 0.25) is 0 Å². The fourth-order valence-electron chi connectivity index (χ4n) is 3.44. The van der Waals surface area contributed by atoms with Gasteiger partial charge < -0.3 is 15.2 Å². The molecule has 2 N–H and O–H groups in total. The second-order valence-corrected chi connectivity index (χ2v) is 7.73. The molecule has 0 saturated carbocycles. The lowest BCUT2D eigenvalue weighted by Crippen LogP contribution is -2.36. The summed E-state index contributed by atoms with van der Waals surface area (Å²) in [6, 6.07) is 0. The lowest BCUT2D eigenvalue weighted by molar-refractivity contribution is 0.0331. The summed E-state index contributed by atoms with van der Waals surface area (Å²) in [6.45, 7) is 6.47. The molecule has 6 nitrogen and oxygen atoms in total. The summed E-state index contributed by atoms with van der Waals surface area (Å²) in [7, 11) is 0. The van der Waals surface area contributed by atoms with Crippen molar-refractivity contribution in [2.75, 3.05) is 38.2 Å². The molecule has 0 radical (unpaired) electrons. The fraction of sp³-hybridized carbons (Fsp3) is 0.647. The van der Waals surface area contributed by atoms with Crippen molar-refractivity contribution in [3.05, 3.63) is 16.3 Å². The number of anilines is 1. The molecule has 1 fully saturated rings. The molecule has 24 heavy (non-hydrogen) atoms. The predicted molar refractivity (Wildman–Crippen MR) is 95.7 cm³/mol. The van der Waals surface area contributed by atoms with Gasteiger partial charge >= 0.3 is 0 Å². The van der Waals surface area contributed by atoms with E-state index in [0.717, 1.165) is 62.2 Å². The van der Waals surface area contributed by atoms with Crippen LogP contribution in [0.25, 0.3) is 10.2 Å². The maximum atomic E-state index is 9.63. The Morgan fingerprint density at radius 3 is 2.92 bits per heavy atom. The summed E-state index contributed by atoms with van der Waals surface area (Å²) >= 11 is 1.81. The Balaban J connectivity index is 1.67. The van der Waals surface area contributed by atoms with Crippen LogP contribution in [-0.4, -0.2) is 58.9 Å². The molecule has 1 atom stereocenters. The van der Waals surface area contributed by atoms with Crippen molar-refractivity contribution in [1.29, 1.82) is 0 Å². The van der Waals surface area contributed by atoms with Crippen molar-refractivity contribution >= 4 is 27.4 Å². The summed E-state index contributed by atoms with van der Waals surface area (Å²) in [5.41, 5.74) is 1.42. The third-order valence-electron chi connectivity index (χ3n) is 4.64. The maximum Gasteiger partial charge on any atom is 0.146 e. The first-order valence-electron chi connectivity index (χ1n) is 8.74. The van der Waals surface area contributed by atoms with Crippen LogP contribution >= 0.6 is 11.3 Å². The van der Waals surface area contributed by atoms with Gasteiger partial charge in [-0.1, -0.05) is 0 Å². The average molecular weight is 348 g/mol. The second-order valence-electron chi connectivity index (χ2n) is 6.64. The van der Waals surface area contributed by atoms with Gasteiger partial charge in [-0.2, -0.15) is 0 Å². The molecule has 0 amide bonds. The highest BCUT2D eigenvalue weighted by Crippen LogP contribution is 2.39. The number of hydrogen-bond donors (Lipinski definition) is 2. The number of aryl methyl sites for hydroxylation is 2. The number of rotatable bonds is 5. The molecule has 2 aromatic rings. The van der Waals surface area contributed by atoms with Crippen molar-refractivity contribution in [3.8, 4) is 0 Å². The summed E-state index contributed by atoms with van der Waals surface area (Å²) in [5, 5.41) is 14.2. The van der Waals surface area contributed by atoms with Crippen LogP contribution in [-0.2, 0) is 24.1 Å². The topological polar surface area (TPSA) is 70.5 Å². The molecular weight excluding hydrogens is 324 g/mol. The van der Waals surface area contributed by atoms with Gasteiger partial charge in [0.1, 0.15) is 16.5 Å². The van der Waals surface area contributed by atoms with Crippen LogP contribution in [0.3, 0.4) is 0 Å². The minimum atomic E-state index is -0.399. The van der Waals surface area contributed by atoms with Crippen molar-refractivity contribution in [2.24, 2.45) is 0 Å². The highest BCUT2D eigenvalue weighted by Gasteiger charge is 2.23. The molecule has 7 heteroatoms. The zero-order valence-corrected chi connectivity index (χ0v) is 14.9. The van der Waals surface area contributed by atoms with Gasteiger partial charge in [-0.15, -0.1) is 11.3 Å². The van der Waals surface area contributed by atoms with E-state index in [4.69, 9.17) is 14.7 Å². The Labute approximate surface area is 145 Å². The maximum absolute atomic E-state index is 9.63. The molecule has 1 saturated heterocycles. The number of aliphatic hydroxyl groups excluding tert-OH is 1. The molecule has 1 aliphatic carbocycles. The Bertz CT molecular complexity index is 725. The number of nitrogens with zero attached hydrogens (tertiary/aromatic N) is 3. The molecule has 3 heterocycles. The van der Waals surface area contributed by atoms with Gasteiger partial charge in [0.25, 0.3) is 0 Å². The Kier molecular flexibility index (Phi) is 4.67. The molecule has 4 rings (SSSR count). The Hall–Kier alpha value is -1.28. The second kappa shape index (κ2) is 6.92. The smallest absolute Gasteiger partial charge is 0.146 e. The van der Waals surface area contributed by atoms with Crippen molar-refractivity contribution < 1.29 is 9.84 Å². The quantitative estimate of drug-likeness (QED) is 0.859. The van der Waals surface area contributed by atoms with Crippen molar-refractivity contribution in [3.63, 3.8) is 0 Å². The van der Waals surface area contributed by atoms with Crippen molar-refractivity contribution in [2.45, 2.75) is 38.8 Å². The van der Waals surface area contributed by atoms with Gasteiger partial charge in [-0.05, 0) is 31.7 Å². The van der Waals surface area contributed by atoms with Gasteiger partial charge in [0.2, 0.25) is 0 Å². The average Bonchev–Trinajstić information content (AvgIpc) is 3.14. The van der Waals surface area contributed by atoms with Gasteiger partial charge in [0, 0.05) is 24.5 Å². The van der Waals surface area contributed by atoms with Crippen molar-refractivity contribution in [1.82, 2.24) is 14.9 Å². The van der Waals surface area contributed by atoms with Crippen LogP contribution in [0.4, 0.5) is 5.82 Å². The zero-order chi connectivity index (χ0) is 16.5. The first kappa shape index (κ1) is 16.2. The van der Waals surface area contributed by atoms with E-state index in [2.05, 4.69) is 10.2 Å². The molecule has 0 bridgehead atoms. The van der Waals surface area contributed by atoms with E-state index in [1.54, 1.807) is 6.92 Å². The number of aromatic nitrogens is 2. The first-order valence-corrected chi connectivity index (χ1v) is 9.55. The normalized spacial score (nSPS) is 19.6. The molecular formula is C17H24N4O2S. The van der Waals surface area contributed by atoms with Gasteiger partial charge in [-0.3, -0.25) is 4.90 Å². The highest BCUT2D eigenvalue weighted by molar-refractivity contribution is 7.19. The van der Waals surface area contributed by atoms with Gasteiger partial charge in [0.15, 0.2) is 0 Å². The number of morpholine rings is 1. The summed E-state index contributed by atoms with van der Waals surface area (Å²) < 4.78 is 5.42. The molecule has 0 spiro atoms. The van der Waals surface area contributed by atoms with E-state index in [0.29, 0.717) is 6.54 Å². The van der Waals surface area contributed by atoms with E-state index in [9.17, 15) is 5.11 Å². The molecule has 2 aromatic heterocycles. The highest BCUT2D eigenvalue weighted by atomic mass is 32.1. The molecule has 0 aromatic carbocycles. The fourth-order valence-corrected chi connectivity index (χ4v) is 4.72. The number of fused-ring (bicyclic) bond motifs is 3. The molecule has 2 aliphatic rings. The number of ether oxygens (including phenoxy) is 1. The number of thiophene rings is 1. The van der Waals surface area contributed by atoms with E-state index in [1.807, 2.05) is 11.3 Å². The van der Waals surface area contributed by atoms with Crippen LogP contribution in [0.1, 0.15) is 29.6 Å². The predicted octanol–water partition coefficient (Wildman–Crippen LogP) is 1.80. The zero-order valence-electron chi connectivity index (χ0n) is 14.0. The number of aliphatic hydroxyl groups is 1. The van der Waals surface area contributed by atoms with Crippen LogP contribution in [0.15, 0.2) is 0 Å². The van der Waals surface area contributed by atoms with E-state index in [-0.39, 0.29) is 0 Å². The van der Waals surface area contributed by atoms with E-state index < -0.39 is 6.10 Å². The molecule has 130 valence electrons. The molecule has 1 aliphatic heterocycles. The number of nitrogens with one attached hydrogen (secondary N) is 1. The lowest BCUT2D eigenvalue weighted by atomic mass is 10.2. The van der Waals surface area contributed by atoms with Crippen LogP contribution in [0, 0.1) is 0 Å². The molecule has 1 unspecified atom stereocenters.